The molecular formula is C20H21BrN2O4S2. The number of imidazole rings is 1. The average molecular weight is 497 g/mol. The second-order valence-electron chi connectivity index (χ2n) is 6.61. The van der Waals surface area contributed by atoms with Gasteiger partial charge in [-0.15, -0.1) is 11.3 Å². The molecule has 0 saturated carbocycles. The molecule has 29 heavy (non-hydrogen) atoms. The zero-order valence-electron chi connectivity index (χ0n) is 16.5. The average Bonchev–Trinajstić information content (AvgIpc) is 3.20. The summed E-state index contributed by atoms with van der Waals surface area (Å²) in [6.45, 7) is 5.73. The summed E-state index contributed by atoms with van der Waals surface area (Å²) in [5.41, 5.74) is 2.32. The van der Waals surface area contributed by atoms with Gasteiger partial charge in [-0.3, -0.25) is 9.36 Å². The van der Waals surface area contributed by atoms with Gasteiger partial charge in [0.15, 0.2) is 9.84 Å². The smallest absolute Gasteiger partial charge is 0.313 e. The normalized spacial score (nSPS) is 11.6. The number of carbonyl (C=O) groups is 1. The molecule has 6 nitrogen and oxygen atoms in total. The van der Waals surface area contributed by atoms with Crippen LogP contribution in [0.25, 0.3) is 15.4 Å². The number of nitrogens with zero attached hydrogens (tertiary/aromatic N) is 2. The lowest BCUT2D eigenvalue weighted by Crippen LogP contribution is -2.11. The lowest BCUT2D eigenvalue weighted by atomic mass is 10.1. The lowest BCUT2D eigenvalue weighted by molar-refractivity contribution is -0.142. The number of aromatic nitrogens is 2. The summed E-state index contributed by atoms with van der Waals surface area (Å²) < 4.78 is 31.8. The lowest BCUT2D eigenvalue weighted by Gasteiger charge is -2.07. The SMILES string of the molecule is CCOC(=O)Cc1nc(C)c(Br)n1-c1ccc(-c2ccc(C)c(S(C)(=O)=O)c2)s1. The minimum absolute atomic E-state index is 0.0657. The maximum absolute atomic E-state index is 12.1. The van der Waals surface area contributed by atoms with Crippen molar-refractivity contribution in [1.82, 2.24) is 9.55 Å². The standard InChI is InChI=1S/C20H21BrN2O4S2/c1-5-27-19(24)11-17-22-13(3)20(21)23(17)18-9-8-15(28-18)14-7-6-12(2)16(10-14)29(4,25)26/h6-10H,5,11H2,1-4H3. The molecule has 154 valence electrons. The van der Waals surface area contributed by atoms with Crippen LogP contribution in [0.15, 0.2) is 39.8 Å². The van der Waals surface area contributed by atoms with E-state index in [9.17, 15) is 13.2 Å². The van der Waals surface area contributed by atoms with Crippen molar-refractivity contribution in [2.45, 2.75) is 32.1 Å². The van der Waals surface area contributed by atoms with Crippen LogP contribution < -0.4 is 0 Å². The number of aryl methyl sites for hydroxylation is 2. The second-order valence-corrected chi connectivity index (χ2v) is 10.4. The molecule has 0 saturated heterocycles. The van der Waals surface area contributed by atoms with E-state index in [1.807, 2.05) is 35.8 Å². The van der Waals surface area contributed by atoms with E-state index >= 15 is 0 Å². The van der Waals surface area contributed by atoms with Crippen LogP contribution in [-0.4, -0.2) is 36.8 Å². The first-order valence-corrected chi connectivity index (χ1v) is 12.4. The molecule has 0 spiro atoms. The number of hydrogen-bond donors (Lipinski definition) is 0. The van der Waals surface area contributed by atoms with Crippen molar-refractivity contribution in [2.24, 2.45) is 0 Å². The highest BCUT2D eigenvalue weighted by Gasteiger charge is 2.19. The van der Waals surface area contributed by atoms with Gasteiger partial charge in [0.2, 0.25) is 0 Å². The highest BCUT2D eigenvalue weighted by molar-refractivity contribution is 9.10. The number of thiophene rings is 1. The molecule has 1 aromatic carbocycles. The van der Waals surface area contributed by atoms with Crippen LogP contribution in [0, 0.1) is 13.8 Å². The quantitative estimate of drug-likeness (QED) is 0.469. The molecule has 0 radical (unpaired) electrons. The number of benzene rings is 1. The Kier molecular flexibility index (Phi) is 6.30. The first kappa shape index (κ1) is 21.7. The van der Waals surface area contributed by atoms with Gasteiger partial charge in [-0.25, -0.2) is 13.4 Å². The second kappa shape index (κ2) is 8.41. The number of esters is 1. The molecule has 2 heterocycles. The van der Waals surface area contributed by atoms with Crippen LogP contribution in [0.4, 0.5) is 0 Å². The third-order valence-electron chi connectivity index (χ3n) is 4.34. The zero-order chi connectivity index (χ0) is 21.3. The highest BCUT2D eigenvalue weighted by atomic mass is 79.9. The Labute approximate surface area is 182 Å². The molecule has 0 unspecified atom stereocenters. The Bertz CT molecular complexity index is 1180. The van der Waals surface area contributed by atoms with Gasteiger partial charge in [-0.1, -0.05) is 12.1 Å². The van der Waals surface area contributed by atoms with Gasteiger partial charge in [0.1, 0.15) is 21.8 Å². The van der Waals surface area contributed by atoms with Crippen LogP contribution in [0.2, 0.25) is 0 Å². The van der Waals surface area contributed by atoms with Crippen LogP contribution in [-0.2, 0) is 25.8 Å². The van der Waals surface area contributed by atoms with E-state index in [1.165, 1.54) is 17.6 Å². The fourth-order valence-corrected chi connectivity index (χ4v) is 5.63. The summed E-state index contributed by atoms with van der Waals surface area (Å²) in [5.74, 6) is 0.251. The number of halogens is 1. The predicted molar refractivity (Wildman–Crippen MR) is 117 cm³/mol. The van der Waals surface area contributed by atoms with Gasteiger partial charge >= 0.3 is 5.97 Å². The van der Waals surface area contributed by atoms with E-state index in [1.54, 1.807) is 19.9 Å². The first-order chi connectivity index (χ1) is 13.6. The van der Waals surface area contributed by atoms with E-state index < -0.39 is 9.84 Å². The fraction of sp³-hybridized carbons (Fsp3) is 0.300. The Morgan fingerprint density at radius 1 is 1.24 bits per heavy atom. The minimum atomic E-state index is -3.31. The predicted octanol–water partition coefficient (Wildman–Crippen LogP) is 4.49. The zero-order valence-corrected chi connectivity index (χ0v) is 19.7. The van der Waals surface area contributed by atoms with Crippen LogP contribution in [0.1, 0.15) is 24.0 Å². The molecule has 9 heteroatoms. The van der Waals surface area contributed by atoms with Gasteiger partial charge in [0.25, 0.3) is 0 Å². The van der Waals surface area contributed by atoms with Crippen molar-refractivity contribution in [3.8, 4) is 15.4 Å². The van der Waals surface area contributed by atoms with E-state index in [4.69, 9.17) is 4.74 Å². The summed E-state index contributed by atoms with van der Waals surface area (Å²) in [6, 6.07) is 9.29. The van der Waals surface area contributed by atoms with Gasteiger partial charge in [0.05, 0.1) is 17.2 Å². The van der Waals surface area contributed by atoms with Gasteiger partial charge in [-0.05, 0) is 66.0 Å². The van der Waals surface area contributed by atoms with Gasteiger partial charge in [0, 0.05) is 11.1 Å². The number of carbonyl (C=O) groups excluding carboxylic acids is 1. The summed E-state index contributed by atoms with van der Waals surface area (Å²) in [4.78, 5) is 17.7. The molecule has 2 aromatic heterocycles. The first-order valence-electron chi connectivity index (χ1n) is 8.92. The summed E-state index contributed by atoms with van der Waals surface area (Å²) in [5, 5.41) is 0.869. The number of hydrogen-bond acceptors (Lipinski definition) is 6. The number of ether oxygens (including phenoxy) is 1. The molecule has 0 aliphatic carbocycles. The third kappa shape index (κ3) is 4.62. The summed E-state index contributed by atoms with van der Waals surface area (Å²) >= 11 is 5.05. The Balaban J connectivity index is 2.03. The van der Waals surface area contributed by atoms with Crippen molar-refractivity contribution in [2.75, 3.05) is 12.9 Å². The molecule has 3 aromatic rings. The molecule has 0 bridgehead atoms. The highest BCUT2D eigenvalue weighted by Crippen LogP contribution is 2.35. The monoisotopic (exact) mass is 496 g/mol. The number of sulfone groups is 1. The fourth-order valence-electron chi connectivity index (χ4n) is 3.00. The van der Waals surface area contributed by atoms with Gasteiger partial charge < -0.3 is 4.74 Å². The topological polar surface area (TPSA) is 78.3 Å². The summed E-state index contributed by atoms with van der Waals surface area (Å²) in [7, 11) is -3.31. The van der Waals surface area contributed by atoms with E-state index in [2.05, 4.69) is 20.9 Å². The van der Waals surface area contributed by atoms with E-state index in [0.717, 1.165) is 31.3 Å². The van der Waals surface area contributed by atoms with Crippen LogP contribution in [0.5, 0.6) is 0 Å². The third-order valence-corrected chi connectivity index (χ3v) is 7.63. The molecule has 0 aliphatic rings. The summed E-state index contributed by atoms with van der Waals surface area (Å²) in [6.07, 6.45) is 1.28. The Hall–Kier alpha value is -1.97. The maximum Gasteiger partial charge on any atom is 0.313 e. The van der Waals surface area contributed by atoms with E-state index in [0.29, 0.717) is 17.3 Å². The molecule has 0 amide bonds. The molecule has 0 N–H and O–H groups in total. The molecule has 0 fully saturated rings. The minimum Gasteiger partial charge on any atom is -0.466 e. The Morgan fingerprint density at radius 2 is 1.97 bits per heavy atom. The van der Waals surface area contributed by atoms with Crippen LogP contribution in [0.3, 0.4) is 0 Å². The Morgan fingerprint density at radius 3 is 2.62 bits per heavy atom. The van der Waals surface area contributed by atoms with E-state index in [-0.39, 0.29) is 12.4 Å². The molecule has 0 aliphatic heterocycles. The number of rotatable bonds is 6. The molecular weight excluding hydrogens is 476 g/mol. The van der Waals surface area contributed by atoms with Crippen LogP contribution >= 0.6 is 27.3 Å². The van der Waals surface area contributed by atoms with Crippen molar-refractivity contribution in [3.05, 3.63) is 52.0 Å². The van der Waals surface area contributed by atoms with Crippen molar-refractivity contribution < 1.29 is 17.9 Å². The maximum atomic E-state index is 12.1. The van der Waals surface area contributed by atoms with Gasteiger partial charge in [-0.2, -0.15) is 0 Å². The van der Waals surface area contributed by atoms with Crippen molar-refractivity contribution in [3.63, 3.8) is 0 Å². The largest absolute Gasteiger partial charge is 0.466 e. The molecule has 3 rings (SSSR count). The van der Waals surface area contributed by atoms with Crippen molar-refractivity contribution >= 4 is 43.1 Å². The molecule has 0 atom stereocenters. The van der Waals surface area contributed by atoms with Crippen molar-refractivity contribution in [1.29, 1.82) is 0 Å².